The van der Waals surface area contributed by atoms with Crippen LogP contribution >= 0.6 is 24.0 Å². The Bertz CT molecular complexity index is 364. The standard InChI is InChI=1S/C10H14N2OS2/c1-7-9(15-6-11-7)2-3-12-5-8(14)4-10(12)13/h6,8,14H,2-5H2,1H3. The van der Waals surface area contributed by atoms with Crippen molar-refractivity contribution in [2.75, 3.05) is 13.1 Å². The van der Waals surface area contributed by atoms with Gasteiger partial charge in [-0.25, -0.2) is 4.98 Å². The Morgan fingerprint density at radius 1 is 1.73 bits per heavy atom. The summed E-state index contributed by atoms with van der Waals surface area (Å²) in [6.45, 7) is 3.61. The number of nitrogens with zero attached hydrogens (tertiary/aromatic N) is 2. The van der Waals surface area contributed by atoms with E-state index in [1.165, 1.54) is 4.88 Å². The molecule has 0 spiro atoms. The second kappa shape index (κ2) is 4.53. The van der Waals surface area contributed by atoms with Crippen LogP contribution in [0, 0.1) is 6.92 Å². The first-order valence-electron chi connectivity index (χ1n) is 5.01. The van der Waals surface area contributed by atoms with Gasteiger partial charge in [0.1, 0.15) is 0 Å². The predicted molar refractivity (Wildman–Crippen MR) is 64.5 cm³/mol. The summed E-state index contributed by atoms with van der Waals surface area (Å²) in [5.41, 5.74) is 2.95. The second-order valence-corrected chi connectivity index (χ2v) is 5.48. The normalized spacial score (nSPS) is 21.3. The van der Waals surface area contributed by atoms with Crippen LogP contribution < -0.4 is 0 Å². The number of rotatable bonds is 3. The number of amides is 1. The molecule has 1 fully saturated rings. The van der Waals surface area contributed by atoms with Crippen LogP contribution in [0.3, 0.4) is 0 Å². The van der Waals surface area contributed by atoms with Crippen molar-refractivity contribution in [1.29, 1.82) is 0 Å². The van der Waals surface area contributed by atoms with E-state index in [4.69, 9.17) is 0 Å². The third kappa shape index (κ3) is 2.52. The second-order valence-electron chi connectivity index (χ2n) is 3.81. The van der Waals surface area contributed by atoms with Gasteiger partial charge in [-0.05, 0) is 6.92 Å². The zero-order valence-electron chi connectivity index (χ0n) is 8.64. The quantitative estimate of drug-likeness (QED) is 0.815. The lowest BCUT2D eigenvalue weighted by Crippen LogP contribution is -2.27. The van der Waals surface area contributed by atoms with E-state index >= 15 is 0 Å². The van der Waals surface area contributed by atoms with Gasteiger partial charge in [0, 0.05) is 36.1 Å². The van der Waals surface area contributed by atoms with Crippen molar-refractivity contribution in [3.63, 3.8) is 0 Å². The summed E-state index contributed by atoms with van der Waals surface area (Å²) in [6.07, 6.45) is 1.51. The van der Waals surface area contributed by atoms with Crippen molar-refractivity contribution < 1.29 is 4.79 Å². The first kappa shape index (κ1) is 11.0. The molecule has 5 heteroatoms. The van der Waals surface area contributed by atoms with Crippen molar-refractivity contribution in [2.45, 2.75) is 25.0 Å². The fourth-order valence-electron chi connectivity index (χ4n) is 1.77. The first-order valence-corrected chi connectivity index (χ1v) is 6.41. The number of hydrogen-bond acceptors (Lipinski definition) is 4. The lowest BCUT2D eigenvalue weighted by Gasteiger charge is -2.14. The molecular weight excluding hydrogens is 228 g/mol. The number of thiazole rings is 1. The van der Waals surface area contributed by atoms with Gasteiger partial charge in [0.15, 0.2) is 0 Å². The molecule has 1 unspecified atom stereocenters. The van der Waals surface area contributed by atoms with Crippen molar-refractivity contribution in [2.24, 2.45) is 0 Å². The minimum absolute atomic E-state index is 0.222. The first-order chi connectivity index (χ1) is 7.16. The zero-order valence-corrected chi connectivity index (χ0v) is 10.4. The van der Waals surface area contributed by atoms with Crippen molar-refractivity contribution in [3.05, 3.63) is 16.1 Å². The number of carbonyl (C=O) groups is 1. The van der Waals surface area contributed by atoms with E-state index in [1.807, 2.05) is 17.3 Å². The highest BCUT2D eigenvalue weighted by atomic mass is 32.1. The highest BCUT2D eigenvalue weighted by molar-refractivity contribution is 7.81. The van der Waals surface area contributed by atoms with Gasteiger partial charge in [0.05, 0.1) is 11.2 Å². The van der Waals surface area contributed by atoms with Gasteiger partial charge in [-0.15, -0.1) is 11.3 Å². The van der Waals surface area contributed by atoms with Crippen LogP contribution in [0.2, 0.25) is 0 Å². The molecule has 1 aliphatic rings. The molecule has 82 valence electrons. The molecule has 0 bridgehead atoms. The summed E-state index contributed by atoms with van der Waals surface area (Å²) in [5, 5.41) is 0.222. The van der Waals surface area contributed by atoms with Crippen molar-refractivity contribution in [1.82, 2.24) is 9.88 Å². The Hall–Kier alpha value is -0.550. The third-order valence-corrected chi connectivity index (χ3v) is 3.99. The van der Waals surface area contributed by atoms with Gasteiger partial charge in [-0.2, -0.15) is 12.6 Å². The van der Waals surface area contributed by atoms with E-state index in [-0.39, 0.29) is 11.2 Å². The largest absolute Gasteiger partial charge is 0.341 e. The number of aryl methyl sites for hydroxylation is 1. The molecule has 1 saturated heterocycles. The molecule has 0 radical (unpaired) electrons. The SMILES string of the molecule is Cc1ncsc1CCN1CC(S)CC1=O. The van der Waals surface area contributed by atoms with Crippen LogP contribution in [0.4, 0.5) is 0 Å². The molecule has 0 aliphatic carbocycles. The fourth-order valence-corrected chi connectivity index (χ4v) is 2.89. The van der Waals surface area contributed by atoms with Gasteiger partial charge in [0.25, 0.3) is 0 Å². The van der Waals surface area contributed by atoms with Gasteiger partial charge >= 0.3 is 0 Å². The Balaban J connectivity index is 1.89. The molecule has 2 heterocycles. The number of hydrogen-bond donors (Lipinski definition) is 1. The van der Waals surface area contributed by atoms with Gasteiger partial charge in [-0.3, -0.25) is 4.79 Å². The van der Waals surface area contributed by atoms with Crippen LogP contribution in [0.5, 0.6) is 0 Å². The number of likely N-dealkylation sites (tertiary alicyclic amines) is 1. The zero-order chi connectivity index (χ0) is 10.8. The Morgan fingerprint density at radius 3 is 3.07 bits per heavy atom. The van der Waals surface area contributed by atoms with Gasteiger partial charge in [-0.1, -0.05) is 0 Å². The molecule has 2 rings (SSSR count). The third-order valence-electron chi connectivity index (χ3n) is 2.65. The maximum atomic E-state index is 11.5. The van der Waals surface area contributed by atoms with E-state index in [2.05, 4.69) is 17.6 Å². The summed E-state index contributed by atoms with van der Waals surface area (Å²) in [7, 11) is 0. The molecule has 3 nitrogen and oxygen atoms in total. The highest BCUT2D eigenvalue weighted by Crippen LogP contribution is 2.18. The lowest BCUT2D eigenvalue weighted by atomic mass is 10.3. The maximum absolute atomic E-state index is 11.5. The molecule has 15 heavy (non-hydrogen) atoms. The van der Waals surface area contributed by atoms with E-state index in [1.54, 1.807) is 11.3 Å². The Morgan fingerprint density at radius 2 is 2.53 bits per heavy atom. The number of aromatic nitrogens is 1. The highest BCUT2D eigenvalue weighted by Gasteiger charge is 2.26. The smallest absolute Gasteiger partial charge is 0.223 e. The van der Waals surface area contributed by atoms with Crippen LogP contribution in [-0.4, -0.2) is 34.1 Å². The van der Waals surface area contributed by atoms with Gasteiger partial charge in [0.2, 0.25) is 5.91 Å². The van der Waals surface area contributed by atoms with Gasteiger partial charge < -0.3 is 4.90 Å². The summed E-state index contributed by atoms with van der Waals surface area (Å²) in [4.78, 5) is 18.9. The number of carbonyl (C=O) groups excluding carboxylic acids is 1. The van der Waals surface area contributed by atoms with Crippen LogP contribution in [-0.2, 0) is 11.2 Å². The van der Waals surface area contributed by atoms with E-state index in [0.717, 1.165) is 25.2 Å². The Labute approximate surface area is 98.9 Å². The maximum Gasteiger partial charge on any atom is 0.223 e. The topological polar surface area (TPSA) is 33.2 Å². The molecular formula is C10H14N2OS2. The van der Waals surface area contributed by atoms with Crippen molar-refractivity contribution >= 4 is 29.9 Å². The Kier molecular flexibility index (Phi) is 3.31. The summed E-state index contributed by atoms with van der Waals surface area (Å²) in [5.74, 6) is 0.233. The lowest BCUT2D eigenvalue weighted by molar-refractivity contribution is -0.127. The van der Waals surface area contributed by atoms with E-state index in [9.17, 15) is 4.79 Å². The minimum Gasteiger partial charge on any atom is -0.341 e. The molecule has 0 saturated carbocycles. The minimum atomic E-state index is 0.222. The molecule has 1 amide bonds. The predicted octanol–water partition coefficient (Wildman–Crippen LogP) is 1.52. The molecule has 0 N–H and O–H groups in total. The molecule has 1 atom stereocenters. The van der Waals surface area contributed by atoms with E-state index in [0.29, 0.717) is 6.42 Å². The van der Waals surface area contributed by atoms with Crippen LogP contribution in [0.25, 0.3) is 0 Å². The molecule has 1 aromatic rings. The van der Waals surface area contributed by atoms with E-state index < -0.39 is 0 Å². The summed E-state index contributed by atoms with van der Waals surface area (Å²) < 4.78 is 0. The van der Waals surface area contributed by atoms with Crippen molar-refractivity contribution in [3.8, 4) is 0 Å². The van der Waals surface area contributed by atoms with Crippen LogP contribution in [0.1, 0.15) is 17.0 Å². The number of thiol groups is 1. The average Bonchev–Trinajstić information content (AvgIpc) is 2.70. The monoisotopic (exact) mass is 242 g/mol. The van der Waals surface area contributed by atoms with Crippen LogP contribution in [0.15, 0.2) is 5.51 Å². The fraction of sp³-hybridized carbons (Fsp3) is 0.600. The molecule has 0 aromatic carbocycles. The summed E-state index contributed by atoms with van der Waals surface area (Å²) >= 11 is 5.99. The molecule has 1 aliphatic heterocycles. The average molecular weight is 242 g/mol. The summed E-state index contributed by atoms with van der Waals surface area (Å²) in [6, 6.07) is 0. The molecule has 1 aromatic heterocycles.